The molecule has 2 atom stereocenters. The third kappa shape index (κ3) is 48.2. The van der Waals surface area contributed by atoms with E-state index in [9.17, 15) is 15.0 Å². The average molecular weight is 847 g/mol. The Balaban J connectivity index is 3.40. The molecule has 4 nitrogen and oxygen atoms in total. The van der Waals surface area contributed by atoms with E-state index in [0.29, 0.717) is 6.42 Å². The molecule has 0 aromatic carbocycles. The van der Waals surface area contributed by atoms with E-state index >= 15 is 0 Å². The van der Waals surface area contributed by atoms with E-state index < -0.39 is 12.1 Å². The number of nitrogens with one attached hydrogen (secondary N) is 1. The summed E-state index contributed by atoms with van der Waals surface area (Å²) in [6.07, 6.45) is 68.1. The molecule has 0 spiro atoms. The molecule has 0 saturated carbocycles. The summed E-state index contributed by atoms with van der Waals surface area (Å²) in [5, 5.41) is 23.1. The Kier molecular flexibility index (Phi) is 51.7. The van der Waals surface area contributed by atoms with Gasteiger partial charge in [-0.15, -0.1) is 0 Å². The Labute approximate surface area is 377 Å². The van der Waals surface area contributed by atoms with Crippen LogP contribution in [0.3, 0.4) is 0 Å². The summed E-state index contributed by atoms with van der Waals surface area (Å²) in [5.41, 5.74) is 0. The van der Waals surface area contributed by atoms with Crippen molar-refractivity contribution >= 4 is 5.91 Å². The molecule has 0 bridgehead atoms. The van der Waals surface area contributed by atoms with Crippen LogP contribution in [0.2, 0.25) is 0 Å². The lowest BCUT2D eigenvalue weighted by atomic mass is 10.0. The number of aliphatic hydroxyl groups excluding tert-OH is 2. The smallest absolute Gasteiger partial charge is 0.220 e. The summed E-state index contributed by atoms with van der Waals surface area (Å²) in [7, 11) is 0. The molecule has 0 radical (unpaired) electrons. The van der Waals surface area contributed by atoms with Crippen molar-refractivity contribution in [3.63, 3.8) is 0 Å². The van der Waals surface area contributed by atoms with E-state index in [4.69, 9.17) is 0 Å². The van der Waals surface area contributed by atoms with Crippen LogP contribution in [0.4, 0.5) is 0 Å². The molecule has 0 fully saturated rings. The van der Waals surface area contributed by atoms with Gasteiger partial charge in [-0.25, -0.2) is 0 Å². The van der Waals surface area contributed by atoms with Gasteiger partial charge in [0.05, 0.1) is 18.8 Å². The summed E-state index contributed by atoms with van der Waals surface area (Å²) in [5.74, 6) is -0.0564. The van der Waals surface area contributed by atoms with Crippen LogP contribution >= 0.6 is 0 Å². The van der Waals surface area contributed by atoms with E-state index in [1.54, 1.807) is 6.08 Å². The van der Waals surface area contributed by atoms with Gasteiger partial charge >= 0.3 is 0 Å². The van der Waals surface area contributed by atoms with Crippen molar-refractivity contribution in [2.24, 2.45) is 0 Å². The van der Waals surface area contributed by atoms with Crippen molar-refractivity contribution < 1.29 is 15.0 Å². The summed E-state index contributed by atoms with van der Waals surface area (Å²) < 4.78 is 0. The second-order valence-electron chi connectivity index (χ2n) is 19.4. The largest absolute Gasteiger partial charge is 0.394 e. The van der Waals surface area contributed by atoms with Crippen LogP contribution in [-0.2, 0) is 4.79 Å². The highest BCUT2D eigenvalue weighted by atomic mass is 16.3. The molecular formula is C56H111NO3. The summed E-state index contributed by atoms with van der Waals surface area (Å²) >= 11 is 0. The maximum atomic E-state index is 12.4. The van der Waals surface area contributed by atoms with Crippen LogP contribution in [0, 0.1) is 0 Å². The minimum absolute atomic E-state index is 0.0564. The highest BCUT2D eigenvalue weighted by Gasteiger charge is 2.18. The molecule has 0 aromatic rings. The zero-order valence-electron chi connectivity index (χ0n) is 41.3. The zero-order valence-corrected chi connectivity index (χ0v) is 41.3. The van der Waals surface area contributed by atoms with Crippen molar-refractivity contribution in [3.05, 3.63) is 12.2 Å². The lowest BCUT2D eigenvalue weighted by Crippen LogP contribution is -2.45. The molecule has 1 amide bonds. The summed E-state index contributed by atoms with van der Waals surface area (Å²) in [6.45, 7) is 4.34. The van der Waals surface area contributed by atoms with Gasteiger partial charge in [-0.3, -0.25) is 4.79 Å². The van der Waals surface area contributed by atoms with Gasteiger partial charge in [0.2, 0.25) is 5.91 Å². The molecular weight excluding hydrogens is 735 g/mol. The van der Waals surface area contributed by atoms with Gasteiger partial charge in [-0.2, -0.15) is 0 Å². The molecule has 0 rings (SSSR count). The number of rotatable bonds is 52. The summed E-state index contributed by atoms with van der Waals surface area (Å²) in [6, 6.07) is -0.617. The van der Waals surface area contributed by atoms with E-state index in [1.165, 1.54) is 276 Å². The van der Waals surface area contributed by atoms with Crippen molar-refractivity contribution in [3.8, 4) is 0 Å². The first kappa shape index (κ1) is 59.1. The molecule has 0 aromatic heterocycles. The fraction of sp³-hybridized carbons (Fsp3) is 0.946. The minimum Gasteiger partial charge on any atom is -0.394 e. The fourth-order valence-corrected chi connectivity index (χ4v) is 9.01. The standard InChI is InChI=1S/C56H111NO3/c1-3-5-7-9-11-13-15-17-19-21-22-23-24-25-26-27-28-29-30-31-32-33-34-35-36-38-40-42-44-46-48-50-52-56(60)57-54(53-58)55(59)51-49-47-45-43-41-39-37-20-18-16-14-12-10-8-6-4-2/h49,51,54-55,58-59H,3-48,50,52-53H2,1-2H3,(H,57,60)/b51-49+. The Morgan fingerprint density at radius 2 is 0.617 bits per heavy atom. The maximum absolute atomic E-state index is 12.4. The molecule has 0 aliphatic carbocycles. The Bertz CT molecular complexity index is 829. The number of allylic oxidation sites excluding steroid dienone is 1. The lowest BCUT2D eigenvalue weighted by molar-refractivity contribution is -0.123. The van der Waals surface area contributed by atoms with Crippen molar-refractivity contribution in [1.29, 1.82) is 0 Å². The number of carbonyl (C=O) groups is 1. The van der Waals surface area contributed by atoms with E-state index in [2.05, 4.69) is 19.2 Å². The third-order valence-electron chi connectivity index (χ3n) is 13.3. The van der Waals surface area contributed by atoms with Gasteiger partial charge < -0.3 is 15.5 Å². The molecule has 0 aliphatic rings. The second-order valence-corrected chi connectivity index (χ2v) is 19.4. The highest BCUT2D eigenvalue weighted by molar-refractivity contribution is 5.76. The van der Waals surface area contributed by atoms with Gasteiger partial charge in [0.15, 0.2) is 0 Å². The first-order valence-corrected chi connectivity index (χ1v) is 27.9. The van der Waals surface area contributed by atoms with Gasteiger partial charge in [0.25, 0.3) is 0 Å². The van der Waals surface area contributed by atoms with Gasteiger partial charge in [0, 0.05) is 6.42 Å². The van der Waals surface area contributed by atoms with Gasteiger partial charge in [0.1, 0.15) is 0 Å². The molecule has 358 valence electrons. The van der Waals surface area contributed by atoms with Crippen molar-refractivity contribution in [1.82, 2.24) is 5.32 Å². The number of hydrogen-bond acceptors (Lipinski definition) is 3. The van der Waals surface area contributed by atoms with Crippen LogP contribution in [0.15, 0.2) is 12.2 Å². The van der Waals surface area contributed by atoms with Crippen LogP contribution in [0.25, 0.3) is 0 Å². The molecule has 0 saturated heterocycles. The topological polar surface area (TPSA) is 69.6 Å². The predicted octanol–water partition coefficient (Wildman–Crippen LogP) is 18.1. The van der Waals surface area contributed by atoms with E-state index in [-0.39, 0.29) is 12.5 Å². The number of hydrogen-bond donors (Lipinski definition) is 3. The number of amides is 1. The number of unbranched alkanes of at least 4 members (excludes halogenated alkanes) is 45. The van der Waals surface area contributed by atoms with Crippen LogP contribution < -0.4 is 5.32 Å². The third-order valence-corrected chi connectivity index (χ3v) is 13.3. The molecule has 3 N–H and O–H groups in total. The van der Waals surface area contributed by atoms with E-state index in [1.807, 2.05) is 6.08 Å². The minimum atomic E-state index is -0.834. The van der Waals surface area contributed by atoms with E-state index in [0.717, 1.165) is 25.7 Å². The van der Waals surface area contributed by atoms with Gasteiger partial charge in [-0.1, -0.05) is 309 Å². The molecule has 0 heterocycles. The first-order valence-electron chi connectivity index (χ1n) is 27.9. The Hall–Kier alpha value is -0.870. The quantitative estimate of drug-likeness (QED) is 0.0422. The Morgan fingerprint density at radius 3 is 0.867 bits per heavy atom. The van der Waals surface area contributed by atoms with Crippen molar-refractivity contribution in [2.45, 2.75) is 334 Å². The average Bonchev–Trinajstić information content (AvgIpc) is 3.25. The van der Waals surface area contributed by atoms with Crippen molar-refractivity contribution in [2.75, 3.05) is 6.61 Å². The SMILES string of the molecule is CCCCCCCCCCCCCCCC/C=C/C(O)C(CO)NC(=O)CCCCCCCCCCCCCCCCCCCCCCCCCCCCCCCCCC. The van der Waals surface area contributed by atoms with Gasteiger partial charge in [-0.05, 0) is 19.3 Å². The van der Waals surface area contributed by atoms with Crippen LogP contribution in [0.1, 0.15) is 322 Å². The highest BCUT2D eigenvalue weighted by Crippen LogP contribution is 2.18. The Morgan fingerprint density at radius 1 is 0.383 bits per heavy atom. The second kappa shape index (κ2) is 52.5. The molecule has 0 aliphatic heterocycles. The van der Waals surface area contributed by atoms with Crippen LogP contribution in [0.5, 0.6) is 0 Å². The molecule has 60 heavy (non-hydrogen) atoms. The predicted molar refractivity (Wildman–Crippen MR) is 267 cm³/mol. The maximum Gasteiger partial charge on any atom is 0.220 e. The lowest BCUT2D eigenvalue weighted by Gasteiger charge is -2.20. The number of carbonyl (C=O) groups excluding carboxylic acids is 1. The normalized spacial score (nSPS) is 12.8. The molecule has 4 heteroatoms. The molecule has 2 unspecified atom stereocenters. The first-order chi connectivity index (χ1) is 29.7. The monoisotopic (exact) mass is 846 g/mol. The zero-order chi connectivity index (χ0) is 43.5. The number of aliphatic hydroxyl groups is 2. The summed E-state index contributed by atoms with van der Waals surface area (Å²) in [4.78, 5) is 12.4. The van der Waals surface area contributed by atoms with Crippen LogP contribution in [-0.4, -0.2) is 34.9 Å². The fourth-order valence-electron chi connectivity index (χ4n) is 9.01.